The van der Waals surface area contributed by atoms with E-state index in [-0.39, 0.29) is 17.0 Å². The Bertz CT molecular complexity index is 623. The summed E-state index contributed by atoms with van der Waals surface area (Å²) in [5, 5.41) is 0. The van der Waals surface area contributed by atoms with Crippen LogP contribution in [0.3, 0.4) is 0 Å². The van der Waals surface area contributed by atoms with Gasteiger partial charge in [0.2, 0.25) is 15.6 Å². The second-order valence-corrected chi connectivity index (χ2v) is 5.11. The van der Waals surface area contributed by atoms with Crippen molar-refractivity contribution in [3.05, 3.63) is 52.8 Å². The number of sulfonamides is 1. The number of hydrogen-bond donors (Lipinski definition) is 2. The largest absolute Gasteiger partial charge is 0.472 e. The van der Waals surface area contributed by atoms with Gasteiger partial charge in [0.15, 0.2) is 0 Å². The summed E-state index contributed by atoms with van der Waals surface area (Å²) in [6.07, 6.45) is 4.07. The van der Waals surface area contributed by atoms with Crippen molar-refractivity contribution in [3.8, 4) is 0 Å². The lowest BCUT2D eigenvalue weighted by molar-refractivity contribution is 0.561. The zero-order valence-corrected chi connectivity index (χ0v) is 9.53. The van der Waals surface area contributed by atoms with Gasteiger partial charge in [0.25, 0.3) is 0 Å². The average molecular weight is 254 g/mol. The van der Waals surface area contributed by atoms with Gasteiger partial charge < -0.3 is 9.40 Å². The van der Waals surface area contributed by atoms with Gasteiger partial charge in [-0.3, -0.25) is 4.79 Å². The number of aromatic amines is 1. The van der Waals surface area contributed by atoms with Gasteiger partial charge in [-0.05, 0) is 12.1 Å². The zero-order valence-electron chi connectivity index (χ0n) is 8.71. The number of aromatic nitrogens is 1. The molecule has 0 amide bonds. The fraction of sp³-hybridized carbons (Fsp3) is 0.100. The van der Waals surface area contributed by atoms with E-state index in [4.69, 9.17) is 4.42 Å². The first-order valence-electron chi connectivity index (χ1n) is 4.77. The van der Waals surface area contributed by atoms with Gasteiger partial charge in [-0.1, -0.05) is 0 Å². The van der Waals surface area contributed by atoms with Gasteiger partial charge >= 0.3 is 0 Å². The molecule has 0 aliphatic carbocycles. The van der Waals surface area contributed by atoms with Crippen molar-refractivity contribution in [2.24, 2.45) is 0 Å². The van der Waals surface area contributed by atoms with Crippen LogP contribution in [0, 0.1) is 0 Å². The van der Waals surface area contributed by atoms with E-state index >= 15 is 0 Å². The predicted octanol–water partition coefficient (Wildman–Crippen LogP) is 0.446. The van der Waals surface area contributed by atoms with Gasteiger partial charge in [0.05, 0.1) is 17.4 Å². The van der Waals surface area contributed by atoms with Crippen molar-refractivity contribution in [3.63, 3.8) is 0 Å². The number of pyridine rings is 1. The Morgan fingerprint density at radius 3 is 2.71 bits per heavy atom. The van der Waals surface area contributed by atoms with E-state index in [0.29, 0.717) is 0 Å². The van der Waals surface area contributed by atoms with Crippen LogP contribution in [-0.2, 0) is 16.6 Å². The molecular weight excluding hydrogens is 244 g/mol. The van der Waals surface area contributed by atoms with Gasteiger partial charge in [-0.25, -0.2) is 13.1 Å². The second kappa shape index (κ2) is 4.56. The maximum Gasteiger partial charge on any atom is 0.247 e. The van der Waals surface area contributed by atoms with E-state index in [0.717, 1.165) is 17.8 Å². The molecule has 0 aliphatic rings. The first kappa shape index (κ1) is 11.6. The summed E-state index contributed by atoms with van der Waals surface area (Å²) in [6, 6.07) is 4.07. The van der Waals surface area contributed by atoms with E-state index in [1.54, 1.807) is 6.07 Å². The predicted molar refractivity (Wildman–Crippen MR) is 59.8 cm³/mol. The minimum absolute atomic E-state index is 0.0144. The molecule has 0 fully saturated rings. The number of rotatable bonds is 4. The fourth-order valence-corrected chi connectivity index (χ4v) is 2.20. The van der Waals surface area contributed by atoms with Gasteiger partial charge in [0.1, 0.15) is 0 Å². The highest BCUT2D eigenvalue weighted by molar-refractivity contribution is 7.89. The van der Waals surface area contributed by atoms with Crippen LogP contribution in [0.2, 0.25) is 0 Å². The van der Waals surface area contributed by atoms with E-state index in [1.165, 1.54) is 18.6 Å². The van der Waals surface area contributed by atoms with Crippen LogP contribution in [0.15, 0.2) is 51.0 Å². The summed E-state index contributed by atoms with van der Waals surface area (Å²) in [5.41, 5.74) is 0.372. The average Bonchev–Trinajstić information content (AvgIpc) is 2.80. The zero-order chi connectivity index (χ0) is 12.3. The van der Waals surface area contributed by atoms with Crippen LogP contribution in [0.5, 0.6) is 0 Å². The quantitative estimate of drug-likeness (QED) is 0.828. The van der Waals surface area contributed by atoms with Crippen molar-refractivity contribution < 1.29 is 12.8 Å². The second-order valence-electron chi connectivity index (χ2n) is 3.34. The fourth-order valence-electron chi connectivity index (χ4n) is 1.22. The Morgan fingerprint density at radius 1 is 1.29 bits per heavy atom. The number of hydrogen-bond acceptors (Lipinski definition) is 4. The van der Waals surface area contributed by atoms with Gasteiger partial charge in [-0.15, -0.1) is 0 Å². The van der Waals surface area contributed by atoms with E-state index in [1.807, 2.05) is 0 Å². The van der Waals surface area contributed by atoms with Crippen LogP contribution in [0.1, 0.15) is 5.56 Å². The van der Waals surface area contributed by atoms with Crippen LogP contribution >= 0.6 is 0 Å². The normalized spacial score (nSPS) is 11.5. The number of nitrogens with one attached hydrogen (secondary N) is 2. The first-order chi connectivity index (χ1) is 8.08. The van der Waals surface area contributed by atoms with E-state index < -0.39 is 10.0 Å². The maximum absolute atomic E-state index is 11.8. The standard InChI is InChI=1S/C10H10N2O4S/c13-10-2-1-9(6-11-10)17(14,15)12-5-8-3-4-16-7-8/h1-4,6-7,12H,5H2,(H,11,13). The smallest absolute Gasteiger partial charge is 0.247 e. The molecule has 0 aromatic carbocycles. The molecule has 17 heavy (non-hydrogen) atoms. The number of H-pyrrole nitrogens is 1. The van der Waals surface area contributed by atoms with Crippen LogP contribution < -0.4 is 10.3 Å². The highest BCUT2D eigenvalue weighted by atomic mass is 32.2. The molecule has 0 radical (unpaired) electrons. The SMILES string of the molecule is O=c1ccc(S(=O)(=O)NCc2ccoc2)c[nH]1. The van der Waals surface area contributed by atoms with Gasteiger partial charge in [0, 0.05) is 24.4 Å². The third-order valence-electron chi connectivity index (χ3n) is 2.11. The molecule has 0 bridgehead atoms. The molecular formula is C10H10N2O4S. The monoisotopic (exact) mass is 254 g/mol. The summed E-state index contributed by atoms with van der Waals surface area (Å²) in [4.78, 5) is 13.1. The third kappa shape index (κ3) is 2.83. The lowest BCUT2D eigenvalue weighted by atomic mass is 10.4. The summed E-state index contributed by atoms with van der Waals surface area (Å²) in [6.45, 7) is 0.137. The molecule has 0 atom stereocenters. The topological polar surface area (TPSA) is 92.2 Å². The Labute approximate surface area is 97.3 Å². The molecule has 2 heterocycles. The van der Waals surface area contributed by atoms with Crippen molar-refractivity contribution in [1.29, 1.82) is 0 Å². The van der Waals surface area contributed by atoms with Crippen LogP contribution in [0.25, 0.3) is 0 Å². The molecule has 2 N–H and O–H groups in total. The molecule has 0 spiro atoms. The maximum atomic E-state index is 11.8. The van der Waals surface area contributed by atoms with Gasteiger partial charge in [-0.2, -0.15) is 0 Å². The highest BCUT2D eigenvalue weighted by Gasteiger charge is 2.13. The van der Waals surface area contributed by atoms with Crippen molar-refractivity contribution in [2.75, 3.05) is 0 Å². The minimum atomic E-state index is -3.61. The van der Waals surface area contributed by atoms with E-state index in [2.05, 4.69) is 9.71 Å². The van der Waals surface area contributed by atoms with E-state index in [9.17, 15) is 13.2 Å². The highest BCUT2D eigenvalue weighted by Crippen LogP contribution is 2.06. The molecule has 0 unspecified atom stereocenters. The van der Waals surface area contributed by atoms with Crippen molar-refractivity contribution in [2.45, 2.75) is 11.4 Å². The van der Waals surface area contributed by atoms with Crippen molar-refractivity contribution in [1.82, 2.24) is 9.71 Å². The molecule has 90 valence electrons. The Kier molecular flexibility index (Phi) is 3.12. The molecule has 6 nitrogen and oxygen atoms in total. The molecule has 7 heteroatoms. The molecule has 2 aromatic rings. The Hall–Kier alpha value is -1.86. The number of furan rings is 1. The summed E-state index contributed by atoms with van der Waals surface area (Å²) in [7, 11) is -3.61. The third-order valence-corrected chi connectivity index (χ3v) is 3.51. The molecule has 0 saturated heterocycles. The summed E-state index contributed by atoms with van der Waals surface area (Å²) in [5.74, 6) is 0. The van der Waals surface area contributed by atoms with Crippen LogP contribution in [0.4, 0.5) is 0 Å². The lowest BCUT2D eigenvalue weighted by Gasteiger charge is -2.04. The molecule has 2 rings (SSSR count). The Morgan fingerprint density at radius 2 is 2.12 bits per heavy atom. The lowest BCUT2D eigenvalue weighted by Crippen LogP contribution is -2.23. The summed E-state index contributed by atoms with van der Waals surface area (Å²) < 4.78 is 30.8. The molecule has 0 saturated carbocycles. The summed E-state index contributed by atoms with van der Waals surface area (Å²) >= 11 is 0. The van der Waals surface area contributed by atoms with Crippen molar-refractivity contribution >= 4 is 10.0 Å². The molecule has 0 aliphatic heterocycles. The van der Waals surface area contributed by atoms with Crippen LogP contribution in [-0.4, -0.2) is 13.4 Å². The molecule has 2 aromatic heterocycles. The minimum Gasteiger partial charge on any atom is -0.472 e. The Balaban J connectivity index is 2.14. The first-order valence-corrected chi connectivity index (χ1v) is 6.26.